The van der Waals surface area contributed by atoms with Crippen LogP contribution in [0.2, 0.25) is 0 Å². The second-order valence-corrected chi connectivity index (χ2v) is 22.7. The van der Waals surface area contributed by atoms with E-state index >= 15 is 0 Å². The molecule has 0 bridgehead atoms. The molecule has 0 aromatic rings. The van der Waals surface area contributed by atoms with Crippen LogP contribution in [0.25, 0.3) is 0 Å². The van der Waals surface area contributed by atoms with Gasteiger partial charge in [-0.3, -0.25) is 14.4 Å². The topological polar surface area (TPSA) is 78.9 Å². The molecule has 6 nitrogen and oxygen atoms in total. The highest BCUT2D eigenvalue weighted by molar-refractivity contribution is 5.71. The van der Waals surface area contributed by atoms with Crippen molar-refractivity contribution < 1.29 is 28.6 Å². The number of ether oxygens (including phenoxy) is 3. The molecule has 78 heavy (non-hydrogen) atoms. The number of hydrogen-bond donors (Lipinski definition) is 0. The summed E-state index contributed by atoms with van der Waals surface area (Å²) in [5.74, 6) is -0.870. The summed E-state index contributed by atoms with van der Waals surface area (Å²) in [4.78, 5) is 38.4. The predicted molar refractivity (Wildman–Crippen MR) is 339 cm³/mol. The molecule has 1 atom stereocenters. The fourth-order valence-electron chi connectivity index (χ4n) is 9.88. The molecule has 0 aliphatic rings. The SMILES string of the molecule is CC/C=C\C/C=C\C/C=C\C/C=C\C/C=C\CCCCCCCCCCCC(=O)OCC(COC(=O)CCCCCCC/C=C\CCCCCCCCC)OC(=O)CCCCCCCCCCCCCCCCCCCCC. The van der Waals surface area contributed by atoms with Crippen molar-refractivity contribution >= 4 is 17.9 Å². The van der Waals surface area contributed by atoms with Gasteiger partial charge in [-0.05, 0) is 89.9 Å². The molecule has 0 radical (unpaired) electrons. The lowest BCUT2D eigenvalue weighted by atomic mass is 10.0. The normalized spacial score (nSPS) is 12.5. The third kappa shape index (κ3) is 63.7. The Bertz CT molecular complexity index is 1440. The summed E-state index contributed by atoms with van der Waals surface area (Å²) >= 11 is 0. The Labute approximate surface area is 484 Å². The Morgan fingerprint density at radius 1 is 0.269 bits per heavy atom. The Balaban J connectivity index is 4.34. The highest BCUT2D eigenvalue weighted by atomic mass is 16.6. The molecule has 0 fully saturated rings. The van der Waals surface area contributed by atoms with Gasteiger partial charge in [-0.2, -0.15) is 0 Å². The Hall–Kier alpha value is -3.15. The van der Waals surface area contributed by atoms with E-state index in [4.69, 9.17) is 14.2 Å². The molecule has 0 aromatic carbocycles. The number of hydrogen-bond acceptors (Lipinski definition) is 6. The van der Waals surface area contributed by atoms with Crippen molar-refractivity contribution in [1.29, 1.82) is 0 Å². The zero-order chi connectivity index (χ0) is 56.4. The van der Waals surface area contributed by atoms with Crippen LogP contribution < -0.4 is 0 Å². The summed E-state index contributed by atoms with van der Waals surface area (Å²) in [7, 11) is 0. The van der Waals surface area contributed by atoms with Crippen LogP contribution >= 0.6 is 0 Å². The Kier molecular flexibility index (Phi) is 63.7. The predicted octanol–water partition coefficient (Wildman–Crippen LogP) is 23.3. The molecule has 0 spiro atoms. The summed E-state index contributed by atoms with van der Waals surface area (Å²) in [6, 6.07) is 0. The zero-order valence-corrected chi connectivity index (χ0v) is 51.9. The van der Waals surface area contributed by atoms with Gasteiger partial charge in [0.05, 0.1) is 0 Å². The fraction of sp³-hybridized carbons (Fsp3) is 0.792. The lowest BCUT2D eigenvalue weighted by Crippen LogP contribution is -2.30. The molecule has 452 valence electrons. The Morgan fingerprint density at radius 3 is 0.795 bits per heavy atom. The van der Waals surface area contributed by atoms with E-state index in [1.807, 2.05) is 0 Å². The standard InChI is InChI=1S/C72H128O6/c1-4-7-10-13-16-19-22-25-28-31-33-34-35-36-37-38-40-41-44-47-50-53-56-59-62-65-71(74)77-68-69(67-76-70(73)64-61-58-55-52-49-46-43-30-27-24-21-18-15-12-9-6-3)78-72(75)66-63-60-57-54-51-48-45-42-39-32-29-26-23-20-17-14-11-8-5-2/h7,10,16,19,25,28,30,33-34,36-37,43,69H,4-6,8-9,11-15,17-18,20-24,26-27,29,31-32,35,38-42,44-68H2,1-3H3/b10-7-,19-16-,28-25-,34-33-,37-36-,43-30-. The molecule has 0 N–H and O–H groups in total. The smallest absolute Gasteiger partial charge is 0.306 e. The summed E-state index contributed by atoms with van der Waals surface area (Å²) < 4.78 is 17.0. The minimum absolute atomic E-state index is 0.0778. The van der Waals surface area contributed by atoms with Crippen molar-refractivity contribution in [1.82, 2.24) is 0 Å². The minimum Gasteiger partial charge on any atom is -0.462 e. The first kappa shape index (κ1) is 74.8. The Morgan fingerprint density at radius 2 is 0.500 bits per heavy atom. The van der Waals surface area contributed by atoms with Crippen LogP contribution in [0.1, 0.15) is 348 Å². The number of allylic oxidation sites excluding steroid dienone is 12. The third-order valence-corrected chi connectivity index (χ3v) is 14.9. The van der Waals surface area contributed by atoms with Gasteiger partial charge in [-0.15, -0.1) is 0 Å². The summed E-state index contributed by atoms with van der Waals surface area (Å²) in [5, 5.41) is 0. The van der Waals surface area contributed by atoms with Gasteiger partial charge >= 0.3 is 17.9 Å². The molecular weight excluding hydrogens is 961 g/mol. The largest absolute Gasteiger partial charge is 0.462 e. The van der Waals surface area contributed by atoms with Crippen LogP contribution in [0, 0.1) is 0 Å². The highest BCUT2D eigenvalue weighted by Gasteiger charge is 2.19. The number of rotatable bonds is 62. The van der Waals surface area contributed by atoms with Gasteiger partial charge in [0.15, 0.2) is 6.10 Å². The first-order chi connectivity index (χ1) is 38.5. The van der Waals surface area contributed by atoms with E-state index in [1.54, 1.807) is 0 Å². The van der Waals surface area contributed by atoms with Crippen LogP contribution in [0.3, 0.4) is 0 Å². The van der Waals surface area contributed by atoms with Crippen molar-refractivity contribution in [3.63, 3.8) is 0 Å². The number of esters is 3. The van der Waals surface area contributed by atoms with Crippen molar-refractivity contribution in [2.24, 2.45) is 0 Å². The van der Waals surface area contributed by atoms with Gasteiger partial charge in [-0.1, -0.05) is 312 Å². The van der Waals surface area contributed by atoms with Gasteiger partial charge in [0, 0.05) is 19.3 Å². The first-order valence-electron chi connectivity index (χ1n) is 33.9. The molecule has 0 amide bonds. The number of carbonyl (C=O) groups excluding carboxylic acids is 3. The molecular formula is C72H128O6. The highest BCUT2D eigenvalue weighted by Crippen LogP contribution is 2.17. The monoisotopic (exact) mass is 1090 g/mol. The van der Waals surface area contributed by atoms with Gasteiger partial charge < -0.3 is 14.2 Å². The maximum Gasteiger partial charge on any atom is 0.306 e. The van der Waals surface area contributed by atoms with Crippen molar-refractivity contribution in [2.75, 3.05) is 13.2 Å². The van der Waals surface area contributed by atoms with Gasteiger partial charge in [0.2, 0.25) is 0 Å². The van der Waals surface area contributed by atoms with Gasteiger partial charge in [-0.25, -0.2) is 0 Å². The van der Waals surface area contributed by atoms with E-state index in [0.29, 0.717) is 19.3 Å². The summed E-state index contributed by atoms with van der Waals surface area (Å²) in [6.45, 7) is 6.57. The van der Waals surface area contributed by atoms with E-state index in [1.165, 1.54) is 205 Å². The van der Waals surface area contributed by atoms with E-state index in [0.717, 1.165) is 103 Å². The van der Waals surface area contributed by atoms with Gasteiger partial charge in [0.1, 0.15) is 13.2 Å². The van der Waals surface area contributed by atoms with Crippen molar-refractivity contribution in [3.8, 4) is 0 Å². The maximum atomic E-state index is 12.9. The van der Waals surface area contributed by atoms with Crippen LogP contribution in [0.5, 0.6) is 0 Å². The number of carbonyl (C=O) groups is 3. The van der Waals surface area contributed by atoms with Crippen LogP contribution in [0.4, 0.5) is 0 Å². The van der Waals surface area contributed by atoms with E-state index in [-0.39, 0.29) is 31.1 Å². The molecule has 0 rings (SSSR count). The molecule has 1 unspecified atom stereocenters. The molecule has 0 saturated carbocycles. The first-order valence-corrected chi connectivity index (χ1v) is 33.9. The molecule has 6 heteroatoms. The van der Waals surface area contributed by atoms with Crippen molar-refractivity contribution in [2.45, 2.75) is 354 Å². The van der Waals surface area contributed by atoms with E-state index in [2.05, 4.69) is 93.7 Å². The van der Waals surface area contributed by atoms with Gasteiger partial charge in [0.25, 0.3) is 0 Å². The van der Waals surface area contributed by atoms with E-state index in [9.17, 15) is 14.4 Å². The average Bonchev–Trinajstić information content (AvgIpc) is 3.44. The quantitative estimate of drug-likeness (QED) is 0.0261. The second-order valence-electron chi connectivity index (χ2n) is 22.7. The molecule has 0 aromatic heterocycles. The molecule has 0 aliphatic carbocycles. The summed E-state index contributed by atoms with van der Waals surface area (Å²) in [6.07, 6.45) is 86.2. The lowest BCUT2D eigenvalue weighted by Gasteiger charge is -2.18. The average molecular weight is 1090 g/mol. The third-order valence-electron chi connectivity index (χ3n) is 14.9. The minimum atomic E-state index is -0.781. The fourth-order valence-corrected chi connectivity index (χ4v) is 9.88. The summed E-state index contributed by atoms with van der Waals surface area (Å²) in [5.41, 5.74) is 0. The maximum absolute atomic E-state index is 12.9. The van der Waals surface area contributed by atoms with Crippen molar-refractivity contribution in [3.05, 3.63) is 72.9 Å². The second kappa shape index (κ2) is 66.4. The number of unbranched alkanes of at least 4 members (excludes halogenated alkanes) is 39. The van der Waals surface area contributed by atoms with Crippen LogP contribution in [-0.4, -0.2) is 37.2 Å². The molecule has 0 saturated heterocycles. The van der Waals surface area contributed by atoms with Crippen LogP contribution in [-0.2, 0) is 28.6 Å². The lowest BCUT2D eigenvalue weighted by molar-refractivity contribution is -0.167. The zero-order valence-electron chi connectivity index (χ0n) is 51.9. The molecule has 0 heterocycles. The van der Waals surface area contributed by atoms with E-state index < -0.39 is 6.10 Å². The molecule has 0 aliphatic heterocycles. The van der Waals surface area contributed by atoms with Crippen LogP contribution in [0.15, 0.2) is 72.9 Å².